The summed E-state index contributed by atoms with van der Waals surface area (Å²) in [6.07, 6.45) is 2.92. The number of carbonyl (C=O) groups excluding carboxylic acids is 1. The Morgan fingerprint density at radius 3 is 2.86 bits per heavy atom. The number of hydrogen-bond acceptors (Lipinski definition) is 7. The normalized spacial score (nSPS) is 10.6. The fourth-order valence-corrected chi connectivity index (χ4v) is 1.72. The lowest BCUT2D eigenvalue weighted by Gasteiger charge is -2.06. The number of esters is 1. The molecule has 1 heterocycles. The molecule has 114 valence electrons. The van der Waals surface area contributed by atoms with Crippen LogP contribution in [0.3, 0.4) is 0 Å². The fourth-order valence-electron chi connectivity index (χ4n) is 1.72. The Hall–Kier alpha value is -2.80. The molecule has 0 atom stereocenters. The molecule has 0 saturated carbocycles. The summed E-state index contributed by atoms with van der Waals surface area (Å²) in [6.45, 7) is 2.39. The van der Waals surface area contributed by atoms with Crippen LogP contribution < -0.4 is 5.48 Å². The summed E-state index contributed by atoms with van der Waals surface area (Å²) in [5.74, 6) is -0.719. The maximum absolute atomic E-state index is 11.8. The SMILES string of the molecule is CCOC(=O)c1nc(C=NCc2ccccc2)cnc1NO. The van der Waals surface area contributed by atoms with Crippen LogP contribution in [0.5, 0.6) is 0 Å². The number of nitrogens with zero attached hydrogens (tertiary/aromatic N) is 3. The van der Waals surface area contributed by atoms with Gasteiger partial charge < -0.3 is 4.74 Å². The van der Waals surface area contributed by atoms with E-state index in [0.29, 0.717) is 12.2 Å². The van der Waals surface area contributed by atoms with Gasteiger partial charge in [0.15, 0.2) is 11.5 Å². The van der Waals surface area contributed by atoms with E-state index in [0.717, 1.165) is 5.56 Å². The molecule has 2 aromatic rings. The highest BCUT2D eigenvalue weighted by molar-refractivity contribution is 5.93. The zero-order valence-corrected chi connectivity index (χ0v) is 12.1. The van der Waals surface area contributed by atoms with Crippen LogP contribution >= 0.6 is 0 Å². The molecular weight excluding hydrogens is 284 g/mol. The van der Waals surface area contributed by atoms with Gasteiger partial charge in [0.1, 0.15) is 5.69 Å². The van der Waals surface area contributed by atoms with E-state index in [9.17, 15) is 4.79 Å². The van der Waals surface area contributed by atoms with Gasteiger partial charge in [0.2, 0.25) is 0 Å². The Labute approximate surface area is 127 Å². The molecule has 7 heteroatoms. The van der Waals surface area contributed by atoms with Crippen LogP contribution in [0.4, 0.5) is 5.82 Å². The van der Waals surface area contributed by atoms with E-state index in [1.54, 1.807) is 6.92 Å². The molecular formula is C15H16N4O3. The fraction of sp³-hybridized carbons (Fsp3) is 0.200. The zero-order chi connectivity index (χ0) is 15.8. The van der Waals surface area contributed by atoms with Gasteiger partial charge in [-0.15, -0.1) is 0 Å². The second-order valence-corrected chi connectivity index (χ2v) is 4.28. The van der Waals surface area contributed by atoms with E-state index in [4.69, 9.17) is 9.94 Å². The minimum absolute atomic E-state index is 0.0568. The van der Waals surface area contributed by atoms with Crippen molar-refractivity contribution in [2.75, 3.05) is 12.1 Å². The van der Waals surface area contributed by atoms with Crippen molar-refractivity contribution in [1.82, 2.24) is 9.97 Å². The number of aromatic nitrogens is 2. The van der Waals surface area contributed by atoms with Crippen molar-refractivity contribution in [3.8, 4) is 0 Å². The minimum atomic E-state index is -0.662. The predicted molar refractivity (Wildman–Crippen MR) is 81.1 cm³/mol. The molecule has 0 aliphatic rings. The number of ether oxygens (including phenoxy) is 1. The lowest BCUT2D eigenvalue weighted by atomic mass is 10.2. The van der Waals surface area contributed by atoms with Crippen LogP contribution in [0, 0.1) is 0 Å². The number of nitrogens with one attached hydrogen (secondary N) is 1. The standard InChI is InChI=1S/C15H16N4O3/c1-2-22-15(20)13-14(19-21)17-10-12(18-13)9-16-8-11-6-4-3-5-7-11/h3-7,9-10,21H,2,8H2,1H3,(H,17,19). The molecule has 0 saturated heterocycles. The summed E-state index contributed by atoms with van der Waals surface area (Å²) in [6, 6.07) is 9.74. The third-order valence-corrected chi connectivity index (χ3v) is 2.71. The molecule has 1 aromatic carbocycles. The molecule has 0 spiro atoms. The number of carbonyl (C=O) groups is 1. The highest BCUT2D eigenvalue weighted by Gasteiger charge is 2.16. The average molecular weight is 300 g/mol. The van der Waals surface area contributed by atoms with Gasteiger partial charge in [-0.3, -0.25) is 15.7 Å². The third-order valence-electron chi connectivity index (χ3n) is 2.71. The van der Waals surface area contributed by atoms with Gasteiger partial charge in [-0.05, 0) is 12.5 Å². The summed E-state index contributed by atoms with van der Waals surface area (Å²) in [5.41, 5.74) is 3.20. The van der Waals surface area contributed by atoms with Gasteiger partial charge in [-0.2, -0.15) is 0 Å². The van der Waals surface area contributed by atoms with Crippen molar-refractivity contribution in [2.24, 2.45) is 4.99 Å². The maximum atomic E-state index is 11.8. The Morgan fingerprint density at radius 1 is 1.41 bits per heavy atom. The van der Waals surface area contributed by atoms with Gasteiger partial charge >= 0.3 is 5.97 Å². The molecule has 0 amide bonds. The summed E-state index contributed by atoms with van der Waals surface area (Å²) >= 11 is 0. The number of rotatable bonds is 6. The van der Waals surface area contributed by atoms with Gasteiger partial charge in [-0.1, -0.05) is 30.3 Å². The van der Waals surface area contributed by atoms with Crippen molar-refractivity contribution >= 4 is 18.0 Å². The van der Waals surface area contributed by atoms with Gasteiger partial charge in [0.05, 0.1) is 19.3 Å². The van der Waals surface area contributed by atoms with Crippen LogP contribution in [0.15, 0.2) is 41.5 Å². The molecule has 0 aliphatic carbocycles. The zero-order valence-electron chi connectivity index (χ0n) is 12.1. The molecule has 2 rings (SSSR count). The van der Waals surface area contributed by atoms with E-state index in [1.807, 2.05) is 35.8 Å². The lowest BCUT2D eigenvalue weighted by molar-refractivity contribution is 0.0519. The molecule has 22 heavy (non-hydrogen) atoms. The number of benzene rings is 1. The first-order valence-corrected chi connectivity index (χ1v) is 6.72. The second-order valence-electron chi connectivity index (χ2n) is 4.28. The monoisotopic (exact) mass is 300 g/mol. The van der Waals surface area contributed by atoms with E-state index >= 15 is 0 Å². The van der Waals surface area contributed by atoms with Crippen molar-refractivity contribution in [1.29, 1.82) is 0 Å². The Kier molecular flexibility index (Phi) is 5.56. The molecule has 0 radical (unpaired) electrons. The van der Waals surface area contributed by atoms with Crippen LogP contribution in [-0.2, 0) is 11.3 Å². The molecule has 0 unspecified atom stereocenters. The van der Waals surface area contributed by atoms with Crippen molar-refractivity contribution in [3.05, 3.63) is 53.5 Å². The maximum Gasteiger partial charge on any atom is 0.360 e. The smallest absolute Gasteiger partial charge is 0.360 e. The molecule has 0 fully saturated rings. The lowest BCUT2D eigenvalue weighted by Crippen LogP contribution is -2.13. The quantitative estimate of drug-likeness (QED) is 0.481. The second kappa shape index (κ2) is 7.84. The number of aliphatic imine (C=N–C) groups is 1. The van der Waals surface area contributed by atoms with Crippen LogP contribution in [0.1, 0.15) is 28.7 Å². The first kappa shape index (κ1) is 15.6. The molecule has 2 N–H and O–H groups in total. The van der Waals surface area contributed by atoms with Crippen molar-refractivity contribution < 1.29 is 14.7 Å². The van der Waals surface area contributed by atoms with Gasteiger partial charge in [0.25, 0.3) is 0 Å². The van der Waals surface area contributed by atoms with E-state index in [-0.39, 0.29) is 18.1 Å². The topological polar surface area (TPSA) is 96.7 Å². The Morgan fingerprint density at radius 2 is 2.18 bits per heavy atom. The molecule has 1 aromatic heterocycles. The number of hydrogen-bond donors (Lipinski definition) is 2. The molecule has 0 bridgehead atoms. The summed E-state index contributed by atoms with van der Waals surface area (Å²) < 4.78 is 4.86. The van der Waals surface area contributed by atoms with Gasteiger partial charge in [0, 0.05) is 6.21 Å². The van der Waals surface area contributed by atoms with E-state index in [2.05, 4.69) is 15.0 Å². The van der Waals surface area contributed by atoms with Crippen LogP contribution in [-0.4, -0.2) is 34.0 Å². The average Bonchev–Trinajstić information content (AvgIpc) is 2.56. The first-order valence-electron chi connectivity index (χ1n) is 6.72. The Bertz CT molecular complexity index is 659. The molecule has 0 aliphatic heterocycles. The third kappa shape index (κ3) is 4.10. The Balaban J connectivity index is 2.14. The highest BCUT2D eigenvalue weighted by atomic mass is 16.5. The van der Waals surface area contributed by atoms with Gasteiger partial charge in [-0.25, -0.2) is 14.8 Å². The van der Waals surface area contributed by atoms with E-state index in [1.165, 1.54) is 12.4 Å². The van der Waals surface area contributed by atoms with Crippen LogP contribution in [0.25, 0.3) is 0 Å². The van der Waals surface area contributed by atoms with Crippen LogP contribution in [0.2, 0.25) is 0 Å². The van der Waals surface area contributed by atoms with E-state index < -0.39 is 5.97 Å². The first-order chi connectivity index (χ1) is 10.7. The summed E-state index contributed by atoms with van der Waals surface area (Å²) in [5, 5.41) is 8.96. The summed E-state index contributed by atoms with van der Waals surface area (Å²) in [4.78, 5) is 24.0. The highest BCUT2D eigenvalue weighted by Crippen LogP contribution is 2.10. The largest absolute Gasteiger partial charge is 0.461 e. The van der Waals surface area contributed by atoms with Crippen molar-refractivity contribution in [3.63, 3.8) is 0 Å². The van der Waals surface area contributed by atoms with Crippen molar-refractivity contribution in [2.45, 2.75) is 13.5 Å². The predicted octanol–water partition coefficient (Wildman–Crippen LogP) is 2.07. The summed E-state index contributed by atoms with van der Waals surface area (Å²) in [7, 11) is 0. The number of anilines is 1. The molecule has 7 nitrogen and oxygen atoms in total. The minimum Gasteiger partial charge on any atom is -0.461 e.